The van der Waals surface area contributed by atoms with E-state index in [2.05, 4.69) is 33.6 Å². The molecule has 0 aromatic carbocycles. The van der Waals surface area contributed by atoms with Gasteiger partial charge in [-0.05, 0) is 23.8 Å². The predicted octanol–water partition coefficient (Wildman–Crippen LogP) is 2.67. The highest BCUT2D eigenvalue weighted by atomic mass is 32.2. The Morgan fingerprint density at radius 3 is 2.33 bits per heavy atom. The topological polar surface area (TPSA) is 26.0 Å². The van der Waals surface area contributed by atoms with Crippen LogP contribution < -0.4 is 5.73 Å². The van der Waals surface area contributed by atoms with Crippen LogP contribution in [-0.2, 0) is 0 Å². The lowest BCUT2D eigenvalue weighted by atomic mass is 9.83. The smallest absolute Gasteiger partial charge is 0.0264 e. The maximum Gasteiger partial charge on any atom is 0.0264 e. The van der Waals surface area contributed by atoms with Crippen molar-refractivity contribution in [2.75, 3.05) is 12.0 Å². The Kier molecular flexibility index (Phi) is 4.95. The van der Waals surface area contributed by atoms with Crippen molar-refractivity contribution in [3.8, 4) is 0 Å². The lowest BCUT2D eigenvalue weighted by Crippen LogP contribution is -2.29. The van der Waals surface area contributed by atoms with Crippen LogP contribution in [0.1, 0.15) is 27.2 Å². The lowest BCUT2D eigenvalue weighted by Gasteiger charge is -2.26. The van der Waals surface area contributed by atoms with Crippen molar-refractivity contribution in [2.45, 2.75) is 33.2 Å². The van der Waals surface area contributed by atoms with E-state index >= 15 is 0 Å². The summed E-state index contributed by atoms with van der Waals surface area (Å²) >= 11 is 1.84. The van der Waals surface area contributed by atoms with Crippen LogP contribution in [0, 0.1) is 5.41 Å². The van der Waals surface area contributed by atoms with Crippen LogP contribution in [-0.4, -0.2) is 18.1 Å². The van der Waals surface area contributed by atoms with Crippen molar-refractivity contribution < 1.29 is 0 Å². The van der Waals surface area contributed by atoms with Gasteiger partial charge >= 0.3 is 0 Å². The molecular weight excluding hydrogens is 166 g/mol. The van der Waals surface area contributed by atoms with Crippen LogP contribution in [0.3, 0.4) is 0 Å². The summed E-state index contributed by atoms with van der Waals surface area (Å²) in [6.07, 6.45) is 3.14. The first kappa shape index (κ1) is 12.0. The zero-order chi connectivity index (χ0) is 9.78. The van der Waals surface area contributed by atoms with Crippen molar-refractivity contribution in [1.29, 1.82) is 0 Å². The van der Waals surface area contributed by atoms with Crippen LogP contribution >= 0.6 is 11.8 Å². The molecule has 0 heterocycles. The van der Waals surface area contributed by atoms with Crippen LogP contribution in [0.5, 0.6) is 0 Å². The Morgan fingerprint density at radius 2 is 2.00 bits per heavy atom. The summed E-state index contributed by atoms with van der Waals surface area (Å²) in [7, 11) is 0. The Hall–Kier alpha value is 0.0500. The Labute approximate surface area is 80.8 Å². The van der Waals surface area contributed by atoms with E-state index in [1.54, 1.807) is 0 Å². The summed E-state index contributed by atoms with van der Waals surface area (Å²) in [5.74, 6) is 1.12. The number of hydrogen-bond donors (Lipinski definition) is 1. The minimum Gasteiger partial charge on any atom is -0.324 e. The molecule has 2 heteroatoms. The first-order valence-corrected chi connectivity index (χ1v) is 5.72. The highest BCUT2D eigenvalue weighted by Crippen LogP contribution is 2.26. The SMILES string of the molecule is C=C([C@@H](N)CCSC)C(C)(C)C. The molecule has 0 bridgehead atoms. The van der Waals surface area contributed by atoms with E-state index in [0.717, 1.165) is 17.7 Å². The number of thioether (sulfide) groups is 1. The molecule has 0 rings (SSSR count). The van der Waals surface area contributed by atoms with Gasteiger partial charge in [-0.2, -0.15) is 11.8 Å². The molecule has 0 fully saturated rings. The molecule has 0 aliphatic rings. The molecule has 0 aromatic rings. The van der Waals surface area contributed by atoms with E-state index in [4.69, 9.17) is 5.73 Å². The number of rotatable bonds is 4. The number of hydrogen-bond acceptors (Lipinski definition) is 2. The molecule has 0 radical (unpaired) electrons. The lowest BCUT2D eigenvalue weighted by molar-refractivity contribution is 0.460. The molecule has 2 N–H and O–H groups in total. The predicted molar refractivity (Wildman–Crippen MR) is 59.6 cm³/mol. The summed E-state index contributed by atoms with van der Waals surface area (Å²) in [5.41, 5.74) is 7.29. The van der Waals surface area contributed by atoms with E-state index in [-0.39, 0.29) is 11.5 Å². The van der Waals surface area contributed by atoms with Crippen LogP contribution in [0.25, 0.3) is 0 Å². The van der Waals surface area contributed by atoms with Gasteiger partial charge in [0.05, 0.1) is 0 Å². The van der Waals surface area contributed by atoms with Gasteiger partial charge in [-0.15, -0.1) is 0 Å². The normalized spacial score (nSPS) is 14.4. The third-order valence-electron chi connectivity index (χ3n) is 2.04. The van der Waals surface area contributed by atoms with E-state index < -0.39 is 0 Å². The standard InChI is InChI=1S/C10H21NS/c1-8(10(2,3)4)9(11)6-7-12-5/h9H,1,6-7,11H2,2-5H3/t9-/m0/s1. The van der Waals surface area contributed by atoms with Crippen LogP contribution in [0.15, 0.2) is 12.2 Å². The monoisotopic (exact) mass is 187 g/mol. The van der Waals surface area contributed by atoms with Gasteiger partial charge in [-0.3, -0.25) is 0 Å². The number of nitrogens with two attached hydrogens (primary N) is 1. The summed E-state index contributed by atoms with van der Waals surface area (Å²) < 4.78 is 0. The van der Waals surface area contributed by atoms with Gasteiger partial charge in [0.25, 0.3) is 0 Å². The van der Waals surface area contributed by atoms with Crippen LogP contribution in [0.2, 0.25) is 0 Å². The van der Waals surface area contributed by atoms with Crippen molar-refractivity contribution in [2.24, 2.45) is 11.1 Å². The van der Waals surface area contributed by atoms with E-state index in [0.29, 0.717) is 0 Å². The summed E-state index contributed by atoms with van der Waals surface area (Å²) in [6, 6.07) is 0.164. The quantitative estimate of drug-likeness (QED) is 0.685. The van der Waals surface area contributed by atoms with Crippen molar-refractivity contribution in [3.05, 3.63) is 12.2 Å². The van der Waals surface area contributed by atoms with E-state index in [1.807, 2.05) is 11.8 Å². The van der Waals surface area contributed by atoms with Gasteiger partial charge in [-0.1, -0.05) is 32.9 Å². The Bertz CT molecular complexity index is 146. The van der Waals surface area contributed by atoms with Gasteiger partial charge in [0.2, 0.25) is 0 Å². The third kappa shape index (κ3) is 4.17. The fourth-order valence-corrected chi connectivity index (χ4v) is 1.46. The average Bonchev–Trinajstić information content (AvgIpc) is 1.97. The van der Waals surface area contributed by atoms with Gasteiger partial charge in [-0.25, -0.2) is 0 Å². The first-order chi connectivity index (χ1) is 5.39. The second kappa shape index (κ2) is 4.93. The highest BCUT2D eigenvalue weighted by Gasteiger charge is 2.19. The molecule has 0 saturated heterocycles. The van der Waals surface area contributed by atoms with Gasteiger partial charge in [0, 0.05) is 6.04 Å². The Balaban J connectivity index is 3.94. The van der Waals surface area contributed by atoms with Crippen molar-refractivity contribution in [3.63, 3.8) is 0 Å². The zero-order valence-electron chi connectivity index (χ0n) is 8.68. The average molecular weight is 187 g/mol. The fraction of sp³-hybridized carbons (Fsp3) is 0.800. The molecule has 0 spiro atoms. The minimum atomic E-state index is 0.151. The van der Waals surface area contributed by atoms with E-state index in [9.17, 15) is 0 Å². The van der Waals surface area contributed by atoms with Gasteiger partial charge < -0.3 is 5.73 Å². The molecule has 72 valence electrons. The van der Waals surface area contributed by atoms with Crippen LogP contribution in [0.4, 0.5) is 0 Å². The molecule has 1 atom stereocenters. The van der Waals surface area contributed by atoms with Crippen molar-refractivity contribution in [1.82, 2.24) is 0 Å². The minimum absolute atomic E-state index is 0.151. The van der Waals surface area contributed by atoms with Crippen molar-refractivity contribution >= 4 is 11.8 Å². The second-order valence-corrected chi connectivity index (χ2v) is 5.15. The van der Waals surface area contributed by atoms with Gasteiger partial charge in [0.1, 0.15) is 0 Å². The molecule has 0 aliphatic carbocycles. The Morgan fingerprint density at radius 1 is 1.50 bits per heavy atom. The largest absolute Gasteiger partial charge is 0.324 e. The molecule has 0 saturated carbocycles. The first-order valence-electron chi connectivity index (χ1n) is 4.33. The molecule has 12 heavy (non-hydrogen) atoms. The molecule has 0 aromatic heterocycles. The van der Waals surface area contributed by atoms with E-state index in [1.165, 1.54) is 0 Å². The molecule has 0 aliphatic heterocycles. The molecular formula is C10H21NS. The molecule has 0 unspecified atom stereocenters. The summed E-state index contributed by atoms with van der Waals surface area (Å²) in [5, 5.41) is 0. The third-order valence-corrected chi connectivity index (χ3v) is 2.69. The summed E-state index contributed by atoms with van der Waals surface area (Å²) in [4.78, 5) is 0. The fourth-order valence-electron chi connectivity index (χ4n) is 0.975. The summed E-state index contributed by atoms with van der Waals surface area (Å²) in [6.45, 7) is 10.5. The molecule has 1 nitrogen and oxygen atoms in total. The highest BCUT2D eigenvalue weighted by molar-refractivity contribution is 7.98. The van der Waals surface area contributed by atoms with Gasteiger partial charge in [0.15, 0.2) is 0 Å². The second-order valence-electron chi connectivity index (χ2n) is 4.16. The maximum absolute atomic E-state index is 5.98. The zero-order valence-corrected chi connectivity index (χ0v) is 9.50. The maximum atomic E-state index is 5.98. The molecule has 0 amide bonds.